The number of carbonyl (C=O) groups is 1. The van der Waals surface area contributed by atoms with Gasteiger partial charge in [-0.25, -0.2) is 5.43 Å². The molecule has 0 saturated heterocycles. The topological polar surface area (TPSA) is 80.2 Å². The molecule has 2 N–H and O–H groups in total. The Bertz CT molecular complexity index is 800. The summed E-state index contributed by atoms with van der Waals surface area (Å²) in [6.07, 6.45) is 1.43. The first-order valence-corrected chi connectivity index (χ1v) is 8.33. The van der Waals surface area contributed by atoms with Crippen LogP contribution in [0, 0.1) is 6.92 Å². The lowest BCUT2D eigenvalue weighted by atomic mass is 10.0. The van der Waals surface area contributed by atoms with Gasteiger partial charge in [-0.1, -0.05) is 26.0 Å². The Hall–Kier alpha value is -3.02. The Morgan fingerprint density at radius 2 is 2.00 bits per heavy atom. The van der Waals surface area contributed by atoms with Gasteiger partial charge < -0.3 is 14.6 Å². The number of hydrazone groups is 1. The average Bonchev–Trinajstić information content (AvgIpc) is 2.60. The molecule has 0 radical (unpaired) electrons. The van der Waals surface area contributed by atoms with E-state index in [1.807, 2.05) is 25.1 Å². The van der Waals surface area contributed by atoms with Crippen molar-refractivity contribution in [1.82, 2.24) is 5.43 Å². The molecule has 0 aromatic heterocycles. The zero-order valence-corrected chi connectivity index (χ0v) is 15.4. The maximum Gasteiger partial charge on any atom is 0.277 e. The number of aryl methyl sites for hydroxylation is 1. The van der Waals surface area contributed by atoms with Crippen LogP contribution in [0.1, 0.15) is 36.5 Å². The van der Waals surface area contributed by atoms with Gasteiger partial charge in [0.25, 0.3) is 5.91 Å². The smallest absolute Gasteiger partial charge is 0.277 e. The van der Waals surface area contributed by atoms with Crippen LogP contribution in [-0.4, -0.2) is 30.9 Å². The van der Waals surface area contributed by atoms with Gasteiger partial charge in [0.05, 0.1) is 13.3 Å². The van der Waals surface area contributed by atoms with Crippen molar-refractivity contribution in [1.29, 1.82) is 0 Å². The molecule has 0 fully saturated rings. The summed E-state index contributed by atoms with van der Waals surface area (Å²) >= 11 is 0. The minimum Gasteiger partial charge on any atom is -0.504 e. The highest BCUT2D eigenvalue weighted by Crippen LogP contribution is 2.27. The molecule has 0 heterocycles. The van der Waals surface area contributed by atoms with E-state index in [9.17, 15) is 9.90 Å². The standard InChI is InChI=1S/C20H24N2O4/c1-13(2)16-7-5-14(3)9-19(16)26-12-20(24)22-21-11-15-6-8-18(25-4)17(23)10-15/h5-11,13,23H,12H2,1-4H3,(H,22,24)/b21-11-. The number of phenols is 1. The summed E-state index contributed by atoms with van der Waals surface area (Å²) in [5.41, 5.74) is 5.16. The third-order valence-corrected chi connectivity index (χ3v) is 3.76. The van der Waals surface area contributed by atoms with E-state index < -0.39 is 0 Å². The fourth-order valence-electron chi connectivity index (χ4n) is 2.39. The summed E-state index contributed by atoms with van der Waals surface area (Å²) < 4.78 is 10.6. The van der Waals surface area contributed by atoms with E-state index in [0.717, 1.165) is 11.1 Å². The lowest BCUT2D eigenvalue weighted by molar-refractivity contribution is -0.123. The maximum absolute atomic E-state index is 11.9. The number of amides is 1. The molecule has 0 unspecified atom stereocenters. The van der Waals surface area contributed by atoms with E-state index in [2.05, 4.69) is 24.4 Å². The van der Waals surface area contributed by atoms with Crippen LogP contribution in [0.25, 0.3) is 0 Å². The first kappa shape index (κ1) is 19.3. The minimum atomic E-state index is -0.366. The summed E-state index contributed by atoms with van der Waals surface area (Å²) in [7, 11) is 1.47. The molecule has 1 amide bonds. The number of hydrogen-bond donors (Lipinski definition) is 2. The van der Waals surface area contributed by atoms with E-state index in [1.165, 1.54) is 19.4 Å². The van der Waals surface area contributed by atoms with Crippen molar-refractivity contribution in [2.75, 3.05) is 13.7 Å². The number of carbonyl (C=O) groups excluding carboxylic acids is 1. The van der Waals surface area contributed by atoms with Crippen molar-refractivity contribution in [3.8, 4) is 17.2 Å². The largest absolute Gasteiger partial charge is 0.504 e. The van der Waals surface area contributed by atoms with Gasteiger partial charge in [-0.2, -0.15) is 5.10 Å². The zero-order chi connectivity index (χ0) is 19.1. The SMILES string of the molecule is COc1ccc(/C=N\NC(=O)COc2cc(C)ccc2C(C)C)cc1O. The number of nitrogens with one attached hydrogen (secondary N) is 1. The van der Waals surface area contributed by atoms with E-state index in [1.54, 1.807) is 12.1 Å². The molecule has 0 aliphatic carbocycles. The van der Waals surface area contributed by atoms with Crippen molar-refractivity contribution >= 4 is 12.1 Å². The van der Waals surface area contributed by atoms with Crippen LogP contribution < -0.4 is 14.9 Å². The van der Waals surface area contributed by atoms with Crippen molar-refractivity contribution in [3.05, 3.63) is 53.1 Å². The second-order valence-corrected chi connectivity index (χ2v) is 6.21. The van der Waals surface area contributed by atoms with E-state index in [-0.39, 0.29) is 18.3 Å². The number of aromatic hydroxyl groups is 1. The van der Waals surface area contributed by atoms with Gasteiger partial charge >= 0.3 is 0 Å². The lowest BCUT2D eigenvalue weighted by Crippen LogP contribution is -2.25. The fraction of sp³-hybridized carbons (Fsp3) is 0.300. The van der Waals surface area contributed by atoms with Gasteiger partial charge in [0.1, 0.15) is 5.75 Å². The molecule has 0 aliphatic heterocycles. The van der Waals surface area contributed by atoms with Crippen LogP contribution in [0.3, 0.4) is 0 Å². The van der Waals surface area contributed by atoms with Crippen LogP contribution in [0.5, 0.6) is 17.2 Å². The number of methoxy groups -OCH3 is 1. The zero-order valence-electron chi connectivity index (χ0n) is 15.4. The first-order chi connectivity index (χ1) is 12.4. The highest BCUT2D eigenvalue weighted by atomic mass is 16.5. The third-order valence-electron chi connectivity index (χ3n) is 3.76. The normalized spacial score (nSPS) is 11.0. The third kappa shape index (κ3) is 5.24. The van der Waals surface area contributed by atoms with Crippen molar-refractivity contribution in [2.45, 2.75) is 26.7 Å². The summed E-state index contributed by atoms with van der Waals surface area (Å²) in [4.78, 5) is 11.9. The number of rotatable bonds is 7. The van der Waals surface area contributed by atoms with Crippen LogP contribution in [0.4, 0.5) is 0 Å². The molecule has 2 aromatic rings. The second-order valence-electron chi connectivity index (χ2n) is 6.21. The molecule has 2 rings (SSSR count). The Morgan fingerprint density at radius 1 is 1.23 bits per heavy atom. The summed E-state index contributed by atoms with van der Waals surface area (Å²) in [6.45, 7) is 6.00. The molecule has 0 spiro atoms. The summed E-state index contributed by atoms with van der Waals surface area (Å²) in [6, 6.07) is 10.8. The van der Waals surface area contributed by atoms with Gasteiger partial charge in [0.2, 0.25) is 0 Å². The van der Waals surface area contributed by atoms with Crippen molar-refractivity contribution in [2.24, 2.45) is 5.10 Å². The highest BCUT2D eigenvalue weighted by Gasteiger charge is 2.10. The van der Waals surface area contributed by atoms with Crippen molar-refractivity contribution < 1.29 is 19.4 Å². The Labute approximate surface area is 153 Å². The lowest BCUT2D eigenvalue weighted by Gasteiger charge is -2.14. The average molecular weight is 356 g/mol. The molecule has 0 aliphatic rings. The number of ether oxygens (including phenoxy) is 2. The molecule has 0 atom stereocenters. The number of nitrogens with zero attached hydrogens (tertiary/aromatic N) is 1. The van der Waals surface area contributed by atoms with Crippen LogP contribution >= 0.6 is 0 Å². The molecule has 0 bridgehead atoms. The van der Waals surface area contributed by atoms with Crippen LogP contribution in [-0.2, 0) is 4.79 Å². The quantitative estimate of drug-likeness (QED) is 0.589. The Balaban J connectivity index is 1.91. The first-order valence-electron chi connectivity index (χ1n) is 8.33. The second kappa shape index (κ2) is 8.89. The van der Waals surface area contributed by atoms with Crippen molar-refractivity contribution in [3.63, 3.8) is 0 Å². The predicted octanol–water partition coefficient (Wildman–Crippen LogP) is 3.36. The van der Waals surface area contributed by atoms with E-state index in [4.69, 9.17) is 9.47 Å². The van der Waals surface area contributed by atoms with E-state index >= 15 is 0 Å². The number of hydrogen-bond acceptors (Lipinski definition) is 5. The van der Waals surface area contributed by atoms with E-state index in [0.29, 0.717) is 23.0 Å². The molecule has 26 heavy (non-hydrogen) atoms. The van der Waals surface area contributed by atoms with Gasteiger partial charge in [-0.05, 0) is 53.8 Å². The molecule has 2 aromatic carbocycles. The monoisotopic (exact) mass is 356 g/mol. The number of benzene rings is 2. The minimum absolute atomic E-state index is 0.00627. The molecule has 138 valence electrons. The summed E-state index contributed by atoms with van der Waals surface area (Å²) in [5.74, 6) is 1.02. The molecular weight excluding hydrogens is 332 g/mol. The molecule has 6 heteroatoms. The fourth-order valence-corrected chi connectivity index (χ4v) is 2.39. The Morgan fingerprint density at radius 3 is 2.65 bits per heavy atom. The molecular formula is C20H24N2O4. The van der Waals surface area contributed by atoms with Gasteiger partial charge in [-0.3, -0.25) is 4.79 Å². The highest BCUT2D eigenvalue weighted by molar-refractivity contribution is 5.83. The number of phenolic OH excluding ortho intramolecular Hbond substituents is 1. The van der Waals surface area contributed by atoms with Gasteiger partial charge in [0.15, 0.2) is 18.1 Å². The summed E-state index contributed by atoms with van der Waals surface area (Å²) in [5, 5.41) is 13.6. The molecule has 0 saturated carbocycles. The van der Waals surface area contributed by atoms with Crippen LogP contribution in [0.2, 0.25) is 0 Å². The Kier molecular flexibility index (Phi) is 6.60. The predicted molar refractivity (Wildman–Crippen MR) is 101 cm³/mol. The maximum atomic E-state index is 11.9. The van der Waals surface area contributed by atoms with Crippen LogP contribution in [0.15, 0.2) is 41.5 Å². The molecule has 6 nitrogen and oxygen atoms in total. The van der Waals surface area contributed by atoms with Gasteiger partial charge in [-0.15, -0.1) is 0 Å². The van der Waals surface area contributed by atoms with Gasteiger partial charge in [0, 0.05) is 0 Å².